The van der Waals surface area contributed by atoms with Gasteiger partial charge in [-0.05, 0) is 30.4 Å². The first-order chi connectivity index (χ1) is 9.08. The fourth-order valence-electron chi connectivity index (χ4n) is 1.76. The summed E-state index contributed by atoms with van der Waals surface area (Å²) >= 11 is 1.68. The van der Waals surface area contributed by atoms with Crippen molar-refractivity contribution in [2.45, 2.75) is 31.6 Å². The van der Waals surface area contributed by atoms with Crippen molar-refractivity contribution in [2.24, 2.45) is 0 Å². The molecule has 0 aliphatic rings. The van der Waals surface area contributed by atoms with E-state index in [0.29, 0.717) is 18.4 Å². The first kappa shape index (κ1) is 15.6. The van der Waals surface area contributed by atoms with Crippen molar-refractivity contribution in [2.75, 3.05) is 6.26 Å². The topological polar surface area (TPSA) is 66.4 Å². The Labute approximate surface area is 117 Å². The van der Waals surface area contributed by atoms with Gasteiger partial charge in [0.05, 0.1) is 0 Å². The van der Waals surface area contributed by atoms with Crippen LogP contribution in [0.5, 0.6) is 0 Å². The van der Waals surface area contributed by atoms with E-state index >= 15 is 0 Å². The minimum atomic E-state index is -0.990. The smallest absolute Gasteiger partial charge is 0.326 e. The summed E-state index contributed by atoms with van der Waals surface area (Å²) in [6.07, 6.45) is 3.14. The maximum atomic E-state index is 12.0. The van der Waals surface area contributed by atoms with Gasteiger partial charge in [0, 0.05) is 11.3 Å². The monoisotopic (exact) mass is 281 g/mol. The van der Waals surface area contributed by atoms with E-state index < -0.39 is 12.0 Å². The quantitative estimate of drug-likeness (QED) is 0.806. The van der Waals surface area contributed by atoms with Crippen LogP contribution in [-0.4, -0.2) is 29.3 Å². The maximum absolute atomic E-state index is 12.0. The molecular formula is C14H19NO3S. The summed E-state index contributed by atoms with van der Waals surface area (Å²) in [5.74, 6) is -0.488. The molecular weight excluding hydrogens is 262 g/mol. The molecule has 0 unspecified atom stereocenters. The van der Waals surface area contributed by atoms with Gasteiger partial charge in [-0.25, -0.2) is 4.79 Å². The molecule has 0 heterocycles. The summed E-state index contributed by atoms with van der Waals surface area (Å²) in [5.41, 5.74) is 1.57. The van der Waals surface area contributed by atoms with E-state index in [4.69, 9.17) is 5.11 Å². The highest BCUT2D eigenvalue weighted by atomic mass is 32.2. The number of carboxylic acids is 1. The molecule has 0 radical (unpaired) electrons. The SMILES string of the molecule is CCC[C@H](NC(=O)c1cccc(CSC)c1)C(=O)O. The number of rotatable bonds is 7. The lowest BCUT2D eigenvalue weighted by atomic mass is 10.1. The molecule has 0 saturated heterocycles. The summed E-state index contributed by atoms with van der Waals surface area (Å²) < 4.78 is 0. The third-order valence-electron chi connectivity index (χ3n) is 2.68. The lowest BCUT2D eigenvalue weighted by Crippen LogP contribution is -2.40. The highest BCUT2D eigenvalue weighted by molar-refractivity contribution is 7.97. The average molecular weight is 281 g/mol. The average Bonchev–Trinajstić information content (AvgIpc) is 2.38. The number of nitrogens with one attached hydrogen (secondary N) is 1. The number of carbonyl (C=O) groups is 2. The Morgan fingerprint density at radius 1 is 1.42 bits per heavy atom. The molecule has 0 bridgehead atoms. The van der Waals surface area contributed by atoms with Crippen LogP contribution in [0.2, 0.25) is 0 Å². The molecule has 0 aliphatic heterocycles. The van der Waals surface area contributed by atoms with E-state index in [9.17, 15) is 9.59 Å². The zero-order valence-electron chi connectivity index (χ0n) is 11.2. The van der Waals surface area contributed by atoms with Gasteiger partial charge in [-0.15, -0.1) is 0 Å². The van der Waals surface area contributed by atoms with E-state index in [2.05, 4.69) is 5.32 Å². The highest BCUT2D eigenvalue weighted by Crippen LogP contribution is 2.12. The third-order valence-corrected chi connectivity index (χ3v) is 3.30. The minimum absolute atomic E-state index is 0.330. The highest BCUT2D eigenvalue weighted by Gasteiger charge is 2.19. The van der Waals surface area contributed by atoms with Crippen molar-refractivity contribution in [3.05, 3.63) is 35.4 Å². The van der Waals surface area contributed by atoms with Crippen molar-refractivity contribution in [1.29, 1.82) is 0 Å². The van der Waals surface area contributed by atoms with Crippen molar-refractivity contribution in [3.63, 3.8) is 0 Å². The van der Waals surface area contributed by atoms with Crippen LogP contribution in [0.4, 0.5) is 0 Å². The van der Waals surface area contributed by atoms with E-state index in [1.54, 1.807) is 23.9 Å². The Bertz CT molecular complexity index is 448. The van der Waals surface area contributed by atoms with Crippen molar-refractivity contribution >= 4 is 23.6 Å². The summed E-state index contributed by atoms with van der Waals surface area (Å²) in [5, 5.41) is 11.6. The van der Waals surface area contributed by atoms with Crippen LogP contribution in [0, 0.1) is 0 Å². The van der Waals surface area contributed by atoms with Crippen LogP contribution in [0.3, 0.4) is 0 Å². The number of carboxylic acid groups (broad SMARTS) is 1. The molecule has 1 aromatic rings. The largest absolute Gasteiger partial charge is 0.480 e. The van der Waals surface area contributed by atoms with Gasteiger partial charge >= 0.3 is 5.97 Å². The third kappa shape index (κ3) is 4.95. The fraction of sp³-hybridized carbons (Fsp3) is 0.429. The molecule has 104 valence electrons. The number of amides is 1. The number of benzene rings is 1. The van der Waals surface area contributed by atoms with Crippen LogP contribution in [0.1, 0.15) is 35.7 Å². The van der Waals surface area contributed by atoms with Gasteiger partial charge in [0.15, 0.2) is 0 Å². The maximum Gasteiger partial charge on any atom is 0.326 e. The molecule has 2 N–H and O–H groups in total. The van der Waals surface area contributed by atoms with Crippen LogP contribution in [-0.2, 0) is 10.5 Å². The molecule has 4 nitrogen and oxygen atoms in total. The molecule has 1 aromatic carbocycles. The second kappa shape index (κ2) is 7.84. The molecule has 0 spiro atoms. The van der Waals surface area contributed by atoms with Gasteiger partial charge < -0.3 is 10.4 Å². The molecule has 0 aromatic heterocycles. The van der Waals surface area contributed by atoms with Crippen LogP contribution in [0.15, 0.2) is 24.3 Å². The summed E-state index contributed by atoms with van der Waals surface area (Å²) in [6.45, 7) is 1.89. The van der Waals surface area contributed by atoms with Crippen molar-refractivity contribution in [3.8, 4) is 0 Å². The normalized spacial score (nSPS) is 11.9. The van der Waals surface area contributed by atoms with E-state index in [-0.39, 0.29) is 5.91 Å². The molecule has 1 atom stereocenters. The molecule has 5 heteroatoms. The van der Waals surface area contributed by atoms with Crippen molar-refractivity contribution < 1.29 is 14.7 Å². The molecule has 0 saturated carbocycles. The Hall–Kier alpha value is -1.49. The van der Waals surface area contributed by atoms with Gasteiger partial charge in [-0.3, -0.25) is 4.79 Å². The van der Waals surface area contributed by atoms with Gasteiger partial charge in [0.1, 0.15) is 6.04 Å². The predicted molar refractivity (Wildman–Crippen MR) is 77.5 cm³/mol. The first-order valence-electron chi connectivity index (χ1n) is 6.20. The predicted octanol–water partition coefficient (Wildman–Crippen LogP) is 2.53. The number of hydrogen-bond donors (Lipinski definition) is 2. The number of thioether (sulfide) groups is 1. The van der Waals surface area contributed by atoms with Crippen LogP contribution in [0.25, 0.3) is 0 Å². The molecule has 1 rings (SSSR count). The minimum Gasteiger partial charge on any atom is -0.480 e. The Kier molecular flexibility index (Phi) is 6.42. The Morgan fingerprint density at radius 3 is 2.74 bits per heavy atom. The van der Waals surface area contributed by atoms with E-state index in [1.807, 2.05) is 25.3 Å². The lowest BCUT2D eigenvalue weighted by Gasteiger charge is -2.13. The number of aliphatic carboxylic acids is 1. The standard InChI is InChI=1S/C14H19NO3S/c1-3-5-12(14(17)18)15-13(16)11-7-4-6-10(8-11)9-19-2/h4,6-8,12H,3,5,9H2,1-2H3,(H,15,16)(H,17,18)/t12-/m0/s1. The number of carbonyl (C=O) groups excluding carboxylic acids is 1. The molecule has 19 heavy (non-hydrogen) atoms. The van der Waals surface area contributed by atoms with Gasteiger partial charge in [0.25, 0.3) is 5.91 Å². The lowest BCUT2D eigenvalue weighted by molar-refractivity contribution is -0.139. The fourth-order valence-corrected chi connectivity index (χ4v) is 2.27. The first-order valence-corrected chi connectivity index (χ1v) is 7.59. The van der Waals surface area contributed by atoms with Gasteiger partial charge in [-0.1, -0.05) is 25.5 Å². The van der Waals surface area contributed by atoms with Gasteiger partial charge in [-0.2, -0.15) is 11.8 Å². The molecule has 0 aliphatic carbocycles. The Balaban J connectivity index is 2.76. The summed E-state index contributed by atoms with van der Waals surface area (Å²) in [6, 6.07) is 6.45. The zero-order valence-corrected chi connectivity index (χ0v) is 12.0. The molecule has 1 amide bonds. The second-order valence-electron chi connectivity index (χ2n) is 4.29. The van der Waals surface area contributed by atoms with Gasteiger partial charge in [0.2, 0.25) is 0 Å². The zero-order chi connectivity index (χ0) is 14.3. The van der Waals surface area contributed by atoms with E-state index in [0.717, 1.165) is 11.3 Å². The summed E-state index contributed by atoms with van der Waals surface area (Å²) in [4.78, 5) is 23.0. The Morgan fingerprint density at radius 2 is 2.16 bits per heavy atom. The van der Waals surface area contributed by atoms with E-state index in [1.165, 1.54) is 0 Å². The van der Waals surface area contributed by atoms with Crippen molar-refractivity contribution in [1.82, 2.24) is 5.32 Å². The second-order valence-corrected chi connectivity index (χ2v) is 5.15. The summed E-state index contributed by atoms with van der Waals surface area (Å²) in [7, 11) is 0. The van der Waals surface area contributed by atoms with Crippen LogP contribution >= 0.6 is 11.8 Å². The molecule has 0 fully saturated rings. The number of hydrogen-bond acceptors (Lipinski definition) is 3. The van der Waals surface area contributed by atoms with Crippen LogP contribution < -0.4 is 5.32 Å².